The van der Waals surface area contributed by atoms with Gasteiger partial charge in [0.1, 0.15) is 5.69 Å². The molecule has 37 heavy (non-hydrogen) atoms. The Labute approximate surface area is 217 Å². The summed E-state index contributed by atoms with van der Waals surface area (Å²) in [5.74, 6) is 0.106. The summed E-state index contributed by atoms with van der Waals surface area (Å²) in [7, 11) is -3.90. The summed E-state index contributed by atoms with van der Waals surface area (Å²) in [6, 6.07) is 14.0. The molecule has 2 N–H and O–H groups in total. The van der Waals surface area contributed by atoms with Gasteiger partial charge in [0.25, 0.3) is 15.9 Å². The monoisotopic (exact) mass is 517 g/mol. The molecule has 0 radical (unpaired) electrons. The predicted molar refractivity (Wildman–Crippen MR) is 148 cm³/mol. The normalized spacial score (nSPS) is 11.6. The molecule has 0 unspecified atom stereocenters. The van der Waals surface area contributed by atoms with Crippen LogP contribution in [0, 0.1) is 20.8 Å². The minimum Gasteiger partial charge on any atom is -0.332 e. The van der Waals surface area contributed by atoms with Gasteiger partial charge in [-0.25, -0.2) is 23.1 Å². The van der Waals surface area contributed by atoms with E-state index in [-0.39, 0.29) is 16.8 Å². The van der Waals surface area contributed by atoms with Gasteiger partial charge < -0.3 is 9.88 Å². The lowest BCUT2D eigenvalue weighted by Gasteiger charge is -2.11. The topological polar surface area (TPSA) is 106 Å². The average Bonchev–Trinajstić information content (AvgIpc) is 3.09. The summed E-state index contributed by atoms with van der Waals surface area (Å²) in [6.45, 7) is 14.1. The summed E-state index contributed by atoms with van der Waals surface area (Å²) in [4.78, 5) is 21.7. The summed E-state index contributed by atoms with van der Waals surface area (Å²) in [5.41, 5.74) is 5.39. The van der Waals surface area contributed by atoms with E-state index < -0.39 is 10.0 Å². The third-order valence-corrected chi connectivity index (χ3v) is 7.51. The lowest BCUT2D eigenvalue weighted by atomic mass is 10.0. The molecule has 0 atom stereocenters. The van der Waals surface area contributed by atoms with Crippen molar-refractivity contribution in [1.29, 1.82) is 0 Å². The Bertz CT molecular complexity index is 1580. The molecule has 8 nitrogen and oxygen atoms in total. The molecule has 0 aliphatic carbocycles. The quantitative estimate of drug-likeness (QED) is 0.291. The van der Waals surface area contributed by atoms with Crippen molar-refractivity contribution >= 4 is 38.5 Å². The Hall–Kier alpha value is -3.98. The van der Waals surface area contributed by atoms with Crippen LogP contribution in [0.4, 0.5) is 11.6 Å². The third-order valence-electron chi connectivity index (χ3n) is 6.16. The highest BCUT2D eigenvalue weighted by Gasteiger charge is 2.21. The van der Waals surface area contributed by atoms with Crippen LogP contribution in [-0.2, 0) is 16.6 Å². The van der Waals surface area contributed by atoms with Gasteiger partial charge in [0.15, 0.2) is 0 Å². The first-order valence-corrected chi connectivity index (χ1v) is 13.5. The largest absolute Gasteiger partial charge is 0.332 e. The smallest absolute Gasteiger partial charge is 0.272 e. The van der Waals surface area contributed by atoms with Crippen molar-refractivity contribution in [2.45, 2.75) is 52.0 Å². The number of fused-ring (bicyclic) bond motifs is 1. The first-order valence-electron chi connectivity index (χ1n) is 12.0. The van der Waals surface area contributed by atoms with Gasteiger partial charge in [-0.2, -0.15) is 0 Å². The number of amides is 1. The van der Waals surface area contributed by atoms with Gasteiger partial charge in [-0.05, 0) is 80.3 Å². The number of rotatable bonds is 8. The SMILES string of the molecule is C=CCn1c(C(=O)Nc2ccc(S(=O)(=O)Nc3nc(C)cc(C)n3)cc2)c(C)c2cc(C(C)C)ccc21. The number of hydrogen-bond donors (Lipinski definition) is 2. The summed E-state index contributed by atoms with van der Waals surface area (Å²) >= 11 is 0. The van der Waals surface area contributed by atoms with Crippen molar-refractivity contribution in [1.82, 2.24) is 14.5 Å². The fourth-order valence-electron chi connectivity index (χ4n) is 4.37. The fourth-order valence-corrected chi connectivity index (χ4v) is 5.31. The van der Waals surface area contributed by atoms with E-state index in [4.69, 9.17) is 0 Å². The molecular formula is C28H31N5O3S. The van der Waals surface area contributed by atoms with Gasteiger partial charge in [-0.3, -0.25) is 4.79 Å². The van der Waals surface area contributed by atoms with E-state index in [0.717, 1.165) is 16.5 Å². The maximum atomic E-state index is 13.4. The Morgan fingerprint density at radius 3 is 2.27 bits per heavy atom. The second-order valence-corrected chi connectivity index (χ2v) is 11.0. The van der Waals surface area contributed by atoms with Crippen molar-refractivity contribution in [3.63, 3.8) is 0 Å². The number of sulfonamides is 1. The van der Waals surface area contributed by atoms with E-state index >= 15 is 0 Å². The minimum absolute atomic E-state index is 0.0148. The maximum Gasteiger partial charge on any atom is 0.272 e. The minimum atomic E-state index is -3.90. The summed E-state index contributed by atoms with van der Waals surface area (Å²) < 4.78 is 30.0. The van der Waals surface area contributed by atoms with E-state index in [1.165, 1.54) is 17.7 Å². The first kappa shape index (κ1) is 26.1. The summed E-state index contributed by atoms with van der Waals surface area (Å²) in [5, 5.41) is 3.93. The Morgan fingerprint density at radius 2 is 1.68 bits per heavy atom. The highest BCUT2D eigenvalue weighted by atomic mass is 32.2. The van der Waals surface area contributed by atoms with Crippen LogP contribution >= 0.6 is 0 Å². The van der Waals surface area contributed by atoms with Crippen molar-refractivity contribution in [3.05, 3.63) is 89.4 Å². The van der Waals surface area contributed by atoms with Gasteiger partial charge in [0.2, 0.25) is 5.95 Å². The highest BCUT2D eigenvalue weighted by Crippen LogP contribution is 2.30. The van der Waals surface area contributed by atoms with Crippen LogP contribution in [0.5, 0.6) is 0 Å². The molecule has 0 aliphatic heterocycles. The molecule has 1 amide bonds. The second kappa shape index (κ2) is 10.2. The van der Waals surface area contributed by atoms with Crippen molar-refractivity contribution in [2.24, 2.45) is 0 Å². The number of allylic oxidation sites excluding steroid dienone is 1. The van der Waals surface area contributed by atoms with Crippen LogP contribution in [-0.4, -0.2) is 28.9 Å². The Balaban J connectivity index is 1.60. The van der Waals surface area contributed by atoms with Gasteiger partial charge in [0.05, 0.1) is 4.90 Å². The van der Waals surface area contributed by atoms with Gasteiger partial charge >= 0.3 is 0 Å². The number of nitrogens with one attached hydrogen (secondary N) is 2. The van der Waals surface area contributed by atoms with E-state index in [1.54, 1.807) is 38.1 Å². The third kappa shape index (κ3) is 5.41. The lowest BCUT2D eigenvalue weighted by Crippen LogP contribution is -2.18. The lowest BCUT2D eigenvalue weighted by molar-refractivity contribution is 0.101. The zero-order valence-corrected chi connectivity index (χ0v) is 22.5. The molecule has 4 rings (SSSR count). The molecule has 9 heteroatoms. The van der Waals surface area contributed by atoms with Crippen LogP contribution in [0.15, 0.2) is 66.1 Å². The first-order chi connectivity index (χ1) is 17.5. The number of nitrogens with zero attached hydrogens (tertiary/aromatic N) is 3. The second-order valence-electron chi connectivity index (χ2n) is 9.36. The number of hydrogen-bond acceptors (Lipinski definition) is 5. The number of aromatic nitrogens is 3. The van der Waals surface area contributed by atoms with Crippen LogP contribution in [0.3, 0.4) is 0 Å². The number of carbonyl (C=O) groups excluding carboxylic acids is 1. The molecule has 0 bridgehead atoms. The molecule has 2 aromatic carbocycles. The predicted octanol–water partition coefficient (Wildman–Crippen LogP) is 5.72. The van der Waals surface area contributed by atoms with Crippen molar-refractivity contribution in [2.75, 3.05) is 10.0 Å². The standard InChI is InChI=1S/C28H31N5O3S/c1-7-14-33-25-13-8-21(17(2)3)16-24(25)20(6)26(33)27(34)31-22-9-11-23(12-10-22)37(35,36)32-28-29-18(4)15-19(5)30-28/h7-13,15-17H,1,14H2,2-6H3,(H,31,34)(H,29,30,32). The zero-order valence-electron chi connectivity index (χ0n) is 21.7. The van der Waals surface area contributed by atoms with Crippen LogP contribution in [0.25, 0.3) is 10.9 Å². The number of anilines is 2. The van der Waals surface area contributed by atoms with Crippen LogP contribution in [0.2, 0.25) is 0 Å². The van der Waals surface area contributed by atoms with E-state index in [2.05, 4.69) is 52.6 Å². The van der Waals surface area contributed by atoms with Gasteiger partial charge in [-0.1, -0.05) is 26.0 Å². The molecule has 0 fully saturated rings. The van der Waals surface area contributed by atoms with Crippen LogP contribution < -0.4 is 10.0 Å². The summed E-state index contributed by atoms with van der Waals surface area (Å²) in [6.07, 6.45) is 1.76. The van der Waals surface area contributed by atoms with Gasteiger partial charge in [0, 0.05) is 34.5 Å². The molecule has 4 aromatic rings. The molecule has 0 saturated heterocycles. The fraction of sp³-hybridized carbons (Fsp3) is 0.250. The van der Waals surface area contributed by atoms with E-state index in [9.17, 15) is 13.2 Å². The van der Waals surface area contributed by atoms with E-state index in [1.807, 2.05) is 17.6 Å². The van der Waals surface area contributed by atoms with Crippen molar-refractivity contribution < 1.29 is 13.2 Å². The number of aryl methyl sites for hydroxylation is 3. The molecule has 0 aliphatic rings. The Morgan fingerprint density at radius 1 is 1.03 bits per heavy atom. The molecule has 192 valence electrons. The van der Waals surface area contributed by atoms with E-state index in [0.29, 0.717) is 35.2 Å². The van der Waals surface area contributed by atoms with Crippen LogP contribution in [0.1, 0.15) is 52.8 Å². The molecule has 2 heterocycles. The zero-order chi connectivity index (χ0) is 26.9. The average molecular weight is 518 g/mol. The maximum absolute atomic E-state index is 13.4. The van der Waals surface area contributed by atoms with Crippen molar-refractivity contribution in [3.8, 4) is 0 Å². The number of benzene rings is 2. The molecule has 0 saturated carbocycles. The highest BCUT2D eigenvalue weighted by molar-refractivity contribution is 7.92. The molecule has 0 spiro atoms. The molecular weight excluding hydrogens is 486 g/mol. The number of carbonyl (C=O) groups is 1. The molecule has 2 aromatic heterocycles. The van der Waals surface area contributed by atoms with Gasteiger partial charge in [-0.15, -0.1) is 6.58 Å². The Kier molecular flexibility index (Phi) is 7.18.